The smallest absolute Gasteiger partial charge is 0.258 e. The van der Waals surface area contributed by atoms with Crippen LogP contribution in [0.3, 0.4) is 0 Å². The Hall–Kier alpha value is -2.64. The second-order valence-corrected chi connectivity index (χ2v) is 8.10. The lowest BCUT2D eigenvalue weighted by molar-refractivity contribution is -0.123. The fourth-order valence-corrected chi connectivity index (χ4v) is 4.33. The molecular formula is C24H30FN3O3. The van der Waals surface area contributed by atoms with Crippen LogP contribution >= 0.6 is 0 Å². The standard InChI is InChI=1S/C24H30FN3O3/c1-27-10-4-5-18-15-19(8-9-21(18)27)22(28-11-13-30-14-12-28)16-26-24(29)17-31-23-7-3-2-6-20(23)25/h2-3,6-9,15,22H,4-5,10-14,16-17H2,1H3,(H,26,29)/t22-/m0/s1. The molecule has 0 aliphatic carbocycles. The quantitative estimate of drug-likeness (QED) is 0.737. The van der Waals surface area contributed by atoms with E-state index in [1.165, 1.54) is 28.9 Å². The number of nitrogens with one attached hydrogen (secondary N) is 1. The van der Waals surface area contributed by atoms with E-state index >= 15 is 0 Å². The Morgan fingerprint density at radius 1 is 1.19 bits per heavy atom. The Balaban J connectivity index is 1.43. The summed E-state index contributed by atoms with van der Waals surface area (Å²) in [6.45, 7) is 4.35. The number of ether oxygens (including phenoxy) is 2. The highest BCUT2D eigenvalue weighted by Crippen LogP contribution is 2.31. The highest BCUT2D eigenvalue weighted by molar-refractivity contribution is 5.77. The molecule has 2 heterocycles. The van der Waals surface area contributed by atoms with Gasteiger partial charge in [-0.2, -0.15) is 0 Å². The number of nitrogens with zero attached hydrogens (tertiary/aromatic N) is 2. The van der Waals surface area contributed by atoms with Crippen molar-refractivity contribution in [2.24, 2.45) is 0 Å². The van der Waals surface area contributed by atoms with Crippen molar-refractivity contribution < 1.29 is 18.7 Å². The van der Waals surface area contributed by atoms with Gasteiger partial charge in [0.15, 0.2) is 18.2 Å². The molecule has 0 bridgehead atoms. The van der Waals surface area contributed by atoms with E-state index in [1.54, 1.807) is 12.1 Å². The van der Waals surface area contributed by atoms with Crippen LogP contribution in [0.4, 0.5) is 10.1 Å². The molecule has 2 aliphatic heterocycles. The topological polar surface area (TPSA) is 54.0 Å². The summed E-state index contributed by atoms with van der Waals surface area (Å²) in [7, 11) is 2.13. The molecule has 1 fully saturated rings. The van der Waals surface area contributed by atoms with Gasteiger partial charge < -0.3 is 19.7 Å². The zero-order chi connectivity index (χ0) is 21.6. The number of carbonyl (C=O) groups excluding carboxylic acids is 1. The summed E-state index contributed by atoms with van der Waals surface area (Å²) in [6.07, 6.45) is 2.23. The van der Waals surface area contributed by atoms with Gasteiger partial charge in [0.2, 0.25) is 0 Å². The number of anilines is 1. The maximum atomic E-state index is 13.7. The molecule has 2 aromatic rings. The zero-order valence-electron chi connectivity index (χ0n) is 18.0. The number of amides is 1. The van der Waals surface area contributed by atoms with E-state index < -0.39 is 5.82 Å². The summed E-state index contributed by atoms with van der Waals surface area (Å²) >= 11 is 0. The predicted molar refractivity (Wildman–Crippen MR) is 118 cm³/mol. The molecule has 0 aromatic heterocycles. The lowest BCUT2D eigenvalue weighted by atomic mass is 9.95. The van der Waals surface area contributed by atoms with E-state index in [0.29, 0.717) is 19.8 Å². The second-order valence-electron chi connectivity index (χ2n) is 8.10. The van der Waals surface area contributed by atoms with E-state index in [9.17, 15) is 9.18 Å². The summed E-state index contributed by atoms with van der Waals surface area (Å²) in [4.78, 5) is 17.1. The molecular weight excluding hydrogens is 397 g/mol. The van der Waals surface area contributed by atoms with Gasteiger partial charge in [0.25, 0.3) is 5.91 Å². The molecule has 1 saturated heterocycles. The van der Waals surface area contributed by atoms with Gasteiger partial charge in [0.05, 0.1) is 19.3 Å². The number of rotatable bonds is 7. The third-order valence-corrected chi connectivity index (χ3v) is 6.01. The van der Waals surface area contributed by atoms with Crippen molar-refractivity contribution >= 4 is 11.6 Å². The van der Waals surface area contributed by atoms with E-state index in [0.717, 1.165) is 32.5 Å². The summed E-state index contributed by atoms with van der Waals surface area (Å²) in [6, 6.07) is 12.8. The van der Waals surface area contributed by atoms with Crippen LogP contribution < -0.4 is 15.0 Å². The number of carbonyl (C=O) groups is 1. The maximum Gasteiger partial charge on any atom is 0.258 e. The van der Waals surface area contributed by atoms with Crippen LogP contribution in [0.15, 0.2) is 42.5 Å². The Morgan fingerprint density at radius 2 is 2.00 bits per heavy atom. The van der Waals surface area contributed by atoms with Gasteiger partial charge in [-0.05, 0) is 42.2 Å². The molecule has 0 unspecified atom stereocenters. The molecule has 0 radical (unpaired) electrons. The highest BCUT2D eigenvalue weighted by atomic mass is 19.1. The largest absolute Gasteiger partial charge is 0.481 e. The van der Waals surface area contributed by atoms with Crippen LogP contribution in [0.5, 0.6) is 5.75 Å². The van der Waals surface area contributed by atoms with Crippen molar-refractivity contribution in [1.82, 2.24) is 10.2 Å². The first-order valence-corrected chi connectivity index (χ1v) is 10.9. The van der Waals surface area contributed by atoms with E-state index in [2.05, 4.69) is 40.4 Å². The van der Waals surface area contributed by atoms with Crippen LogP contribution in [0.1, 0.15) is 23.6 Å². The molecule has 0 spiro atoms. The molecule has 2 aliphatic rings. The molecule has 1 amide bonds. The third-order valence-electron chi connectivity index (χ3n) is 6.01. The minimum atomic E-state index is -0.472. The van der Waals surface area contributed by atoms with Crippen LogP contribution in [0.2, 0.25) is 0 Å². The molecule has 166 valence electrons. The number of hydrogen-bond donors (Lipinski definition) is 1. The minimum Gasteiger partial charge on any atom is -0.481 e. The number of halogens is 1. The summed E-state index contributed by atoms with van der Waals surface area (Å²) in [5, 5.41) is 2.98. The average Bonchev–Trinajstić information content (AvgIpc) is 2.79. The van der Waals surface area contributed by atoms with Crippen molar-refractivity contribution in [2.75, 3.05) is 57.9 Å². The number of morpholine rings is 1. The van der Waals surface area contributed by atoms with Crippen LogP contribution in [0.25, 0.3) is 0 Å². The normalized spacial score (nSPS) is 17.7. The van der Waals surface area contributed by atoms with Gasteiger partial charge >= 0.3 is 0 Å². The van der Waals surface area contributed by atoms with E-state index in [1.807, 2.05) is 0 Å². The first-order valence-electron chi connectivity index (χ1n) is 10.9. The van der Waals surface area contributed by atoms with Crippen molar-refractivity contribution in [1.29, 1.82) is 0 Å². The first kappa shape index (κ1) is 21.6. The fourth-order valence-electron chi connectivity index (χ4n) is 4.33. The number of benzene rings is 2. The lowest BCUT2D eigenvalue weighted by Crippen LogP contribution is -2.44. The Bertz CT molecular complexity index is 901. The van der Waals surface area contributed by atoms with Gasteiger partial charge in [0, 0.05) is 38.9 Å². The van der Waals surface area contributed by atoms with Crippen molar-refractivity contribution in [3.8, 4) is 5.75 Å². The minimum absolute atomic E-state index is 0.0545. The zero-order valence-corrected chi connectivity index (χ0v) is 18.0. The highest BCUT2D eigenvalue weighted by Gasteiger charge is 2.25. The Labute approximate surface area is 182 Å². The van der Waals surface area contributed by atoms with Gasteiger partial charge in [0.1, 0.15) is 0 Å². The van der Waals surface area contributed by atoms with Gasteiger partial charge in [-0.25, -0.2) is 4.39 Å². The molecule has 6 nitrogen and oxygen atoms in total. The predicted octanol–water partition coefficient (Wildman–Crippen LogP) is 2.78. The van der Waals surface area contributed by atoms with Crippen molar-refractivity contribution in [3.05, 3.63) is 59.4 Å². The van der Waals surface area contributed by atoms with Crippen molar-refractivity contribution in [3.63, 3.8) is 0 Å². The molecule has 31 heavy (non-hydrogen) atoms. The number of aryl methyl sites for hydroxylation is 1. The van der Waals surface area contributed by atoms with E-state index in [4.69, 9.17) is 9.47 Å². The molecule has 2 aromatic carbocycles. The monoisotopic (exact) mass is 427 g/mol. The number of hydrogen-bond acceptors (Lipinski definition) is 5. The average molecular weight is 428 g/mol. The first-order chi connectivity index (χ1) is 15.1. The van der Waals surface area contributed by atoms with Crippen LogP contribution in [-0.2, 0) is 16.0 Å². The second kappa shape index (κ2) is 10.1. The van der Waals surface area contributed by atoms with Gasteiger partial charge in [-0.3, -0.25) is 9.69 Å². The number of fused-ring (bicyclic) bond motifs is 1. The van der Waals surface area contributed by atoms with Crippen LogP contribution in [0, 0.1) is 5.82 Å². The van der Waals surface area contributed by atoms with Crippen LogP contribution in [-0.4, -0.2) is 63.9 Å². The molecule has 7 heteroatoms. The SMILES string of the molecule is CN1CCCc2cc([C@H](CNC(=O)COc3ccccc3F)N3CCOCC3)ccc21. The lowest BCUT2D eigenvalue weighted by Gasteiger charge is -2.36. The maximum absolute atomic E-state index is 13.7. The van der Waals surface area contributed by atoms with E-state index in [-0.39, 0.29) is 24.3 Å². The molecule has 0 saturated carbocycles. The third kappa shape index (κ3) is 5.35. The summed E-state index contributed by atoms with van der Waals surface area (Å²) in [5.74, 6) is -0.652. The van der Waals surface area contributed by atoms with Gasteiger partial charge in [-0.15, -0.1) is 0 Å². The Kier molecular flexibility index (Phi) is 7.04. The number of para-hydroxylation sites is 1. The molecule has 4 rings (SSSR count). The molecule has 1 atom stereocenters. The molecule has 1 N–H and O–H groups in total. The summed E-state index contributed by atoms with van der Waals surface area (Å²) in [5.41, 5.74) is 3.85. The van der Waals surface area contributed by atoms with Gasteiger partial charge in [-0.1, -0.05) is 24.3 Å². The fraction of sp³-hybridized carbons (Fsp3) is 0.458. The Morgan fingerprint density at radius 3 is 2.81 bits per heavy atom. The summed E-state index contributed by atoms with van der Waals surface area (Å²) < 4.78 is 24.6. The van der Waals surface area contributed by atoms with Crippen molar-refractivity contribution in [2.45, 2.75) is 18.9 Å².